The van der Waals surface area contributed by atoms with E-state index in [0.29, 0.717) is 5.56 Å². The molecule has 5 heteroatoms. The van der Waals surface area contributed by atoms with E-state index in [4.69, 9.17) is 11.6 Å². The third-order valence-electron chi connectivity index (χ3n) is 2.81. The van der Waals surface area contributed by atoms with Gasteiger partial charge in [0.25, 0.3) is 5.91 Å². The van der Waals surface area contributed by atoms with Gasteiger partial charge in [0.05, 0.1) is 5.56 Å². The lowest BCUT2D eigenvalue weighted by atomic mass is 10.2. The standard InChI is InChI=1S/C13H20ClN3O/c1-4-17(5-2)9-10(3)16-13(18)11-7-6-8-15-12(11)14/h6-8,10H,4-5,9H2,1-3H3,(H,16,18). The normalized spacial score (nSPS) is 12.5. The van der Waals surface area contributed by atoms with Crippen molar-refractivity contribution < 1.29 is 4.79 Å². The number of nitrogens with zero attached hydrogens (tertiary/aromatic N) is 2. The van der Waals surface area contributed by atoms with Crippen LogP contribution in [-0.2, 0) is 0 Å². The summed E-state index contributed by atoms with van der Waals surface area (Å²) in [5.74, 6) is -0.173. The summed E-state index contributed by atoms with van der Waals surface area (Å²) in [5, 5.41) is 3.17. The van der Waals surface area contributed by atoms with Crippen LogP contribution in [-0.4, -0.2) is 41.5 Å². The minimum absolute atomic E-state index is 0.0775. The smallest absolute Gasteiger partial charge is 0.254 e. The fraction of sp³-hybridized carbons (Fsp3) is 0.538. The van der Waals surface area contributed by atoms with Crippen LogP contribution in [0, 0.1) is 0 Å². The van der Waals surface area contributed by atoms with E-state index >= 15 is 0 Å². The summed E-state index contributed by atoms with van der Waals surface area (Å²) in [7, 11) is 0. The SMILES string of the molecule is CCN(CC)CC(C)NC(=O)c1cccnc1Cl. The summed E-state index contributed by atoms with van der Waals surface area (Å²) in [6.07, 6.45) is 1.57. The molecule has 1 N–H and O–H groups in total. The van der Waals surface area contributed by atoms with Gasteiger partial charge in [-0.2, -0.15) is 0 Å². The maximum Gasteiger partial charge on any atom is 0.254 e. The molecule has 4 nitrogen and oxygen atoms in total. The van der Waals surface area contributed by atoms with Crippen LogP contribution in [0.4, 0.5) is 0 Å². The van der Waals surface area contributed by atoms with Crippen molar-refractivity contribution in [2.45, 2.75) is 26.8 Å². The van der Waals surface area contributed by atoms with Crippen LogP contribution in [0.5, 0.6) is 0 Å². The fourth-order valence-corrected chi connectivity index (χ4v) is 1.98. The average Bonchev–Trinajstić information content (AvgIpc) is 2.36. The second kappa shape index (κ2) is 7.34. The number of likely N-dealkylation sites (N-methyl/N-ethyl adjacent to an activating group) is 1. The van der Waals surface area contributed by atoms with Gasteiger partial charge in [-0.05, 0) is 32.1 Å². The van der Waals surface area contributed by atoms with Gasteiger partial charge >= 0.3 is 0 Å². The Hall–Kier alpha value is -1.13. The van der Waals surface area contributed by atoms with Crippen molar-refractivity contribution in [3.63, 3.8) is 0 Å². The zero-order valence-corrected chi connectivity index (χ0v) is 11.9. The van der Waals surface area contributed by atoms with Gasteiger partial charge in [0.15, 0.2) is 0 Å². The summed E-state index contributed by atoms with van der Waals surface area (Å²) in [5.41, 5.74) is 0.422. The first-order chi connectivity index (χ1) is 8.58. The molecule has 0 saturated heterocycles. The molecule has 100 valence electrons. The van der Waals surface area contributed by atoms with E-state index in [2.05, 4.69) is 29.0 Å². The molecule has 0 bridgehead atoms. The molecule has 0 aliphatic carbocycles. The van der Waals surface area contributed by atoms with Crippen molar-refractivity contribution in [1.29, 1.82) is 0 Å². The largest absolute Gasteiger partial charge is 0.348 e. The Morgan fingerprint density at radius 2 is 2.17 bits per heavy atom. The van der Waals surface area contributed by atoms with Crippen LogP contribution in [0.2, 0.25) is 5.15 Å². The highest BCUT2D eigenvalue weighted by molar-refractivity contribution is 6.32. The summed E-state index contributed by atoms with van der Waals surface area (Å²) in [6.45, 7) is 8.98. The van der Waals surface area contributed by atoms with Crippen LogP contribution in [0.25, 0.3) is 0 Å². The lowest BCUT2D eigenvalue weighted by Crippen LogP contribution is -2.42. The molecular formula is C13H20ClN3O. The van der Waals surface area contributed by atoms with Gasteiger partial charge in [0, 0.05) is 18.8 Å². The second-order valence-electron chi connectivity index (χ2n) is 4.20. The summed E-state index contributed by atoms with van der Waals surface area (Å²) < 4.78 is 0. The molecule has 0 radical (unpaired) electrons. The number of hydrogen-bond acceptors (Lipinski definition) is 3. The molecule has 1 heterocycles. The fourth-order valence-electron chi connectivity index (χ4n) is 1.77. The quantitative estimate of drug-likeness (QED) is 0.806. The van der Waals surface area contributed by atoms with Crippen molar-refractivity contribution in [1.82, 2.24) is 15.2 Å². The molecule has 1 unspecified atom stereocenters. The molecule has 0 spiro atoms. The molecule has 1 rings (SSSR count). The third-order valence-corrected chi connectivity index (χ3v) is 3.11. The lowest BCUT2D eigenvalue weighted by Gasteiger charge is -2.23. The topological polar surface area (TPSA) is 45.2 Å². The van der Waals surface area contributed by atoms with Gasteiger partial charge in [0.2, 0.25) is 0 Å². The minimum Gasteiger partial charge on any atom is -0.348 e. The Labute approximate surface area is 113 Å². The first-order valence-corrected chi connectivity index (χ1v) is 6.60. The van der Waals surface area contributed by atoms with Gasteiger partial charge in [-0.3, -0.25) is 4.79 Å². The maximum absolute atomic E-state index is 12.0. The molecule has 1 aromatic rings. The molecule has 0 saturated carbocycles. The number of amides is 1. The Balaban J connectivity index is 2.57. The first-order valence-electron chi connectivity index (χ1n) is 6.22. The van der Waals surface area contributed by atoms with E-state index in [1.807, 2.05) is 6.92 Å². The average molecular weight is 270 g/mol. The zero-order valence-electron chi connectivity index (χ0n) is 11.1. The van der Waals surface area contributed by atoms with Crippen molar-refractivity contribution in [3.05, 3.63) is 29.0 Å². The van der Waals surface area contributed by atoms with Crippen LogP contribution in [0.15, 0.2) is 18.3 Å². The number of pyridine rings is 1. The van der Waals surface area contributed by atoms with Crippen LogP contribution in [0.3, 0.4) is 0 Å². The van der Waals surface area contributed by atoms with Gasteiger partial charge in [-0.25, -0.2) is 4.98 Å². The Morgan fingerprint density at radius 1 is 1.50 bits per heavy atom. The van der Waals surface area contributed by atoms with E-state index in [9.17, 15) is 4.79 Å². The predicted octanol–water partition coefficient (Wildman–Crippen LogP) is 2.20. The van der Waals surface area contributed by atoms with E-state index in [-0.39, 0.29) is 17.1 Å². The highest BCUT2D eigenvalue weighted by atomic mass is 35.5. The number of nitrogens with one attached hydrogen (secondary N) is 1. The second-order valence-corrected chi connectivity index (χ2v) is 4.56. The molecule has 1 atom stereocenters. The van der Waals surface area contributed by atoms with Gasteiger partial charge in [-0.15, -0.1) is 0 Å². The summed E-state index contributed by atoms with van der Waals surface area (Å²) in [6, 6.07) is 3.46. The van der Waals surface area contributed by atoms with Gasteiger partial charge in [-0.1, -0.05) is 25.4 Å². The number of carbonyl (C=O) groups is 1. The Morgan fingerprint density at radius 3 is 2.72 bits per heavy atom. The molecule has 0 aliphatic rings. The van der Waals surface area contributed by atoms with Gasteiger partial charge < -0.3 is 10.2 Å². The number of halogens is 1. The molecule has 1 aromatic heterocycles. The molecule has 0 fully saturated rings. The summed E-state index contributed by atoms with van der Waals surface area (Å²) >= 11 is 5.88. The molecule has 18 heavy (non-hydrogen) atoms. The van der Waals surface area contributed by atoms with Crippen molar-refractivity contribution in [2.24, 2.45) is 0 Å². The number of carbonyl (C=O) groups excluding carboxylic acids is 1. The van der Waals surface area contributed by atoms with E-state index in [1.165, 1.54) is 0 Å². The lowest BCUT2D eigenvalue weighted by molar-refractivity contribution is 0.0930. The number of rotatable bonds is 6. The zero-order chi connectivity index (χ0) is 13.5. The molecule has 0 aliphatic heterocycles. The third kappa shape index (κ3) is 4.27. The van der Waals surface area contributed by atoms with Crippen molar-refractivity contribution >= 4 is 17.5 Å². The maximum atomic E-state index is 12.0. The summed E-state index contributed by atoms with van der Waals surface area (Å²) in [4.78, 5) is 18.1. The van der Waals surface area contributed by atoms with Crippen molar-refractivity contribution in [3.8, 4) is 0 Å². The molecular weight excluding hydrogens is 250 g/mol. The van der Waals surface area contributed by atoms with Crippen LogP contribution < -0.4 is 5.32 Å². The Bertz CT molecular complexity index is 394. The van der Waals surface area contributed by atoms with E-state index in [0.717, 1.165) is 19.6 Å². The van der Waals surface area contributed by atoms with Crippen LogP contribution >= 0.6 is 11.6 Å². The highest BCUT2D eigenvalue weighted by Crippen LogP contribution is 2.11. The minimum atomic E-state index is -0.173. The number of hydrogen-bond donors (Lipinski definition) is 1. The molecule has 0 aromatic carbocycles. The van der Waals surface area contributed by atoms with Gasteiger partial charge in [0.1, 0.15) is 5.15 Å². The monoisotopic (exact) mass is 269 g/mol. The van der Waals surface area contributed by atoms with E-state index in [1.54, 1.807) is 18.3 Å². The Kier molecular flexibility index (Phi) is 6.09. The van der Waals surface area contributed by atoms with E-state index < -0.39 is 0 Å². The van der Waals surface area contributed by atoms with Crippen LogP contribution in [0.1, 0.15) is 31.1 Å². The first kappa shape index (κ1) is 14.9. The molecule has 1 amide bonds. The van der Waals surface area contributed by atoms with Crippen molar-refractivity contribution in [2.75, 3.05) is 19.6 Å². The number of aromatic nitrogens is 1. The predicted molar refractivity (Wildman–Crippen MR) is 74.0 cm³/mol. The highest BCUT2D eigenvalue weighted by Gasteiger charge is 2.14.